The molecule has 0 spiro atoms. The van der Waals surface area contributed by atoms with Crippen LogP contribution in [0.1, 0.15) is 23.2 Å². The van der Waals surface area contributed by atoms with Crippen LogP contribution in [-0.2, 0) is 31.5 Å². The number of rotatable bonds is 3. The van der Waals surface area contributed by atoms with Crippen molar-refractivity contribution < 1.29 is 38.6 Å². The van der Waals surface area contributed by atoms with E-state index in [9.17, 15) is 0 Å². The molecule has 0 aromatic heterocycles. The molecule has 2 aromatic rings. The second-order valence-corrected chi connectivity index (χ2v) is 5.00. The maximum absolute atomic E-state index is 8.52. The Labute approximate surface area is 144 Å². The molecular weight excluding hydrogens is 487 g/mol. The molecule has 0 saturated carbocycles. The van der Waals surface area contributed by atoms with Gasteiger partial charge in [0, 0.05) is 10.4 Å². The third kappa shape index (κ3) is 8.38. The summed E-state index contributed by atoms with van der Waals surface area (Å²) in [6.07, 6.45) is 0. The van der Waals surface area contributed by atoms with E-state index in [4.69, 9.17) is 29.0 Å². The van der Waals surface area contributed by atoms with Gasteiger partial charge in [0.1, 0.15) is 0 Å². The molecule has 2 rings (SSSR count). The predicted molar refractivity (Wildman–Crippen MR) is 77.5 cm³/mol. The summed E-state index contributed by atoms with van der Waals surface area (Å²) in [4.78, 5) is 0. The molecule has 6 nitrogen and oxygen atoms in total. The molecule has 0 saturated heterocycles. The molecule has 2 N–H and O–H groups in total. The summed E-state index contributed by atoms with van der Waals surface area (Å²) in [6, 6.07) is 18.1. The molecular formula is C14H14N2O4PtS. The molecule has 2 unspecified atom stereocenters. The number of nitrogens with one attached hydrogen (secondary N) is 2. The Hall–Kier alpha value is -1.08. The van der Waals surface area contributed by atoms with Crippen molar-refractivity contribution in [2.24, 2.45) is 0 Å². The van der Waals surface area contributed by atoms with Gasteiger partial charge in [-0.25, -0.2) is 0 Å². The van der Waals surface area contributed by atoms with Crippen LogP contribution in [0.3, 0.4) is 0 Å². The first kappa shape index (κ1) is 20.9. The molecule has 0 bridgehead atoms. The van der Waals surface area contributed by atoms with Crippen LogP contribution in [-0.4, -0.2) is 17.5 Å². The average molecular weight is 501 g/mol. The zero-order valence-electron chi connectivity index (χ0n) is 11.3. The summed E-state index contributed by atoms with van der Waals surface area (Å²) in [5.41, 5.74) is 17.9. The maximum Gasteiger partial charge on any atom is 4.00 e. The van der Waals surface area contributed by atoms with Crippen molar-refractivity contribution in [3.8, 4) is 0 Å². The van der Waals surface area contributed by atoms with Crippen molar-refractivity contribution in [2.45, 2.75) is 12.1 Å². The van der Waals surface area contributed by atoms with Gasteiger partial charge in [0.25, 0.3) is 0 Å². The molecule has 120 valence electrons. The van der Waals surface area contributed by atoms with Crippen molar-refractivity contribution in [1.29, 1.82) is 0 Å². The molecule has 0 amide bonds. The van der Waals surface area contributed by atoms with Gasteiger partial charge in [-0.05, 0) is 0 Å². The molecule has 0 aliphatic heterocycles. The monoisotopic (exact) mass is 501 g/mol. The van der Waals surface area contributed by atoms with E-state index in [0.717, 1.165) is 11.1 Å². The smallest absolute Gasteiger partial charge is 0.759 e. The molecule has 0 aliphatic carbocycles. The minimum atomic E-state index is -5.17. The second kappa shape index (κ2) is 9.84. The quantitative estimate of drug-likeness (QED) is 0.472. The van der Waals surface area contributed by atoms with E-state index in [1.54, 1.807) is 0 Å². The Morgan fingerprint density at radius 1 is 0.727 bits per heavy atom. The summed E-state index contributed by atoms with van der Waals surface area (Å²) < 4.78 is 34.1. The van der Waals surface area contributed by atoms with Crippen LogP contribution in [0, 0.1) is 0 Å². The SMILES string of the molecule is O=S(=O)([O-])[O-].[NH-]C(c1ccccc1)C([NH-])c1ccccc1.[Pt+4]. The van der Waals surface area contributed by atoms with Gasteiger partial charge in [-0.1, -0.05) is 71.8 Å². The third-order valence-electron chi connectivity index (χ3n) is 2.65. The Balaban J connectivity index is 0.000000644. The number of hydrogen-bond acceptors (Lipinski definition) is 4. The topological polar surface area (TPSA) is 128 Å². The van der Waals surface area contributed by atoms with Gasteiger partial charge in [-0.3, -0.25) is 8.42 Å². The Kier molecular flexibility index (Phi) is 9.35. The molecule has 2 atom stereocenters. The molecule has 0 radical (unpaired) electrons. The van der Waals surface area contributed by atoms with E-state index < -0.39 is 22.5 Å². The van der Waals surface area contributed by atoms with E-state index in [1.807, 2.05) is 60.7 Å². The summed E-state index contributed by atoms with van der Waals surface area (Å²) in [5, 5.41) is 0. The summed E-state index contributed by atoms with van der Waals surface area (Å²) in [6.45, 7) is 0. The van der Waals surface area contributed by atoms with Crippen LogP contribution in [0.2, 0.25) is 0 Å². The van der Waals surface area contributed by atoms with Crippen LogP contribution in [0.15, 0.2) is 60.7 Å². The largest absolute Gasteiger partial charge is 4.00 e. The van der Waals surface area contributed by atoms with Gasteiger partial charge in [0.15, 0.2) is 0 Å². The minimum Gasteiger partial charge on any atom is -0.759 e. The van der Waals surface area contributed by atoms with E-state index in [0.29, 0.717) is 0 Å². The maximum atomic E-state index is 8.52. The number of benzene rings is 2. The van der Waals surface area contributed by atoms with Gasteiger partial charge < -0.3 is 20.6 Å². The van der Waals surface area contributed by atoms with E-state index >= 15 is 0 Å². The fourth-order valence-corrected chi connectivity index (χ4v) is 1.71. The molecule has 0 aliphatic rings. The first-order chi connectivity index (χ1) is 9.79. The fraction of sp³-hybridized carbons (Fsp3) is 0.143. The van der Waals surface area contributed by atoms with E-state index in [1.165, 1.54) is 0 Å². The van der Waals surface area contributed by atoms with Crippen molar-refractivity contribution in [1.82, 2.24) is 0 Å². The van der Waals surface area contributed by atoms with E-state index in [2.05, 4.69) is 0 Å². The fourth-order valence-electron chi connectivity index (χ4n) is 1.71. The zero-order chi connectivity index (χ0) is 15.9. The van der Waals surface area contributed by atoms with Gasteiger partial charge in [-0.2, -0.15) is 0 Å². The van der Waals surface area contributed by atoms with Gasteiger partial charge in [0.05, 0.1) is 0 Å². The van der Waals surface area contributed by atoms with Crippen LogP contribution >= 0.6 is 0 Å². The molecule has 0 heterocycles. The minimum absolute atomic E-state index is 0. The van der Waals surface area contributed by atoms with Gasteiger partial charge >= 0.3 is 21.1 Å². The summed E-state index contributed by atoms with van der Waals surface area (Å²) >= 11 is 0. The van der Waals surface area contributed by atoms with Crippen molar-refractivity contribution in [2.75, 3.05) is 0 Å². The average Bonchev–Trinajstić information content (AvgIpc) is 2.46. The molecule has 0 fully saturated rings. The summed E-state index contributed by atoms with van der Waals surface area (Å²) in [7, 11) is -5.17. The first-order valence-corrected chi connectivity index (χ1v) is 7.31. The molecule has 22 heavy (non-hydrogen) atoms. The standard InChI is InChI=1S/C14H14N2.H2O4S.Pt/c15-13(11-7-3-1-4-8-11)14(16)12-9-5-2-6-10-12;1-5(2,3)4;/h1-10,13-16H;(H2,1,2,3,4);/q-2;;+4/p-2. The zero-order valence-corrected chi connectivity index (χ0v) is 14.4. The second-order valence-electron chi connectivity index (χ2n) is 4.18. The number of hydrogen-bond donors (Lipinski definition) is 0. The Morgan fingerprint density at radius 2 is 0.955 bits per heavy atom. The normalized spacial score (nSPS) is 13.1. The molecule has 8 heteroatoms. The van der Waals surface area contributed by atoms with Gasteiger partial charge in [-0.15, -0.1) is 12.1 Å². The van der Waals surface area contributed by atoms with Crippen molar-refractivity contribution in [3.63, 3.8) is 0 Å². The predicted octanol–water partition coefficient (Wildman–Crippen LogP) is 3.23. The van der Waals surface area contributed by atoms with Crippen LogP contribution in [0.5, 0.6) is 0 Å². The first-order valence-electron chi connectivity index (χ1n) is 5.98. The third-order valence-corrected chi connectivity index (χ3v) is 2.65. The Bertz CT molecular complexity index is 587. The summed E-state index contributed by atoms with van der Waals surface area (Å²) in [5.74, 6) is 0. The van der Waals surface area contributed by atoms with Crippen LogP contribution < -0.4 is 0 Å². The Morgan fingerprint density at radius 3 is 1.18 bits per heavy atom. The van der Waals surface area contributed by atoms with Crippen LogP contribution in [0.25, 0.3) is 11.5 Å². The van der Waals surface area contributed by atoms with Crippen LogP contribution in [0.4, 0.5) is 0 Å². The molecule has 2 aromatic carbocycles. The van der Waals surface area contributed by atoms with Crippen molar-refractivity contribution in [3.05, 3.63) is 83.3 Å². The van der Waals surface area contributed by atoms with Crippen molar-refractivity contribution >= 4 is 10.4 Å². The van der Waals surface area contributed by atoms with E-state index in [-0.39, 0.29) is 21.1 Å². The van der Waals surface area contributed by atoms with Gasteiger partial charge in [0.2, 0.25) is 0 Å².